The van der Waals surface area contributed by atoms with E-state index in [0.29, 0.717) is 6.04 Å². The summed E-state index contributed by atoms with van der Waals surface area (Å²) in [6, 6.07) is 8.54. The molecule has 0 unspecified atom stereocenters. The molecule has 0 aliphatic heterocycles. The minimum absolute atomic E-state index is 0.614. The first kappa shape index (κ1) is 12.3. The van der Waals surface area contributed by atoms with E-state index in [-0.39, 0.29) is 0 Å². The van der Waals surface area contributed by atoms with Crippen molar-refractivity contribution in [3.63, 3.8) is 0 Å². The van der Waals surface area contributed by atoms with Crippen molar-refractivity contribution in [2.24, 2.45) is 11.8 Å². The van der Waals surface area contributed by atoms with Gasteiger partial charge in [-0.3, -0.25) is 0 Å². The molecule has 0 spiro atoms. The summed E-state index contributed by atoms with van der Waals surface area (Å²) in [5, 5.41) is 8.87. The highest BCUT2D eigenvalue weighted by molar-refractivity contribution is 6.31. The first-order valence-corrected chi connectivity index (χ1v) is 7.75. The number of benzene rings is 1. The Morgan fingerprint density at radius 2 is 1.95 bits per heavy atom. The van der Waals surface area contributed by atoms with Crippen LogP contribution in [0, 0.1) is 11.8 Å². The van der Waals surface area contributed by atoms with Gasteiger partial charge in [-0.15, -0.1) is 0 Å². The summed E-state index contributed by atoms with van der Waals surface area (Å²) in [6.45, 7) is 0. The summed E-state index contributed by atoms with van der Waals surface area (Å²) >= 11 is 6.18. The van der Waals surface area contributed by atoms with Crippen LogP contribution in [-0.4, -0.2) is 15.8 Å². The van der Waals surface area contributed by atoms with E-state index in [1.54, 1.807) is 6.20 Å². The first-order valence-electron chi connectivity index (χ1n) is 7.37. The zero-order chi connectivity index (χ0) is 13.5. The van der Waals surface area contributed by atoms with Gasteiger partial charge in [0.25, 0.3) is 0 Å². The van der Waals surface area contributed by atoms with Crippen molar-refractivity contribution in [1.82, 2.24) is 9.78 Å². The zero-order valence-corrected chi connectivity index (χ0v) is 12.1. The van der Waals surface area contributed by atoms with E-state index in [4.69, 9.17) is 11.6 Å². The highest BCUT2D eigenvalue weighted by Gasteiger charge is 2.41. The van der Waals surface area contributed by atoms with Gasteiger partial charge >= 0.3 is 0 Å². The third-order valence-corrected chi connectivity index (χ3v) is 4.53. The SMILES string of the molecule is Clc1ccc(-n2cccn2)c(NC(C2CC2)C2CC2)c1. The lowest BCUT2D eigenvalue weighted by Gasteiger charge is -2.21. The van der Waals surface area contributed by atoms with Crippen LogP contribution in [0.3, 0.4) is 0 Å². The normalized spacial score (nSPS) is 18.5. The van der Waals surface area contributed by atoms with Crippen molar-refractivity contribution in [3.8, 4) is 5.69 Å². The molecule has 1 aromatic heterocycles. The fraction of sp³-hybridized carbons (Fsp3) is 0.438. The summed E-state index contributed by atoms with van der Waals surface area (Å²) in [5.41, 5.74) is 2.18. The minimum atomic E-state index is 0.614. The molecule has 0 amide bonds. The second-order valence-electron chi connectivity index (χ2n) is 5.96. The third kappa shape index (κ3) is 2.42. The van der Waals surface area contributed by atoms with Crippen LogP contribution in [-0.2, 0) is 0 Å². The Hall–Kier alpha value is -1.48. The number of halogens is 1. The number of hydrogen-bond donors (Lipinski definition) is 1. The van der Waals surface area contributed by atoms with Gasteiger partial charge in [0, 0.05) is 23.5 Å². The van der Waals surface area contributed by atoms with Crippen molar-refractivity contribution in [2.45, 2.75) is 31.7 Å². The quantitative estimate of drug-likeness (QED) is 0.896. The molecule has 2 saturated carbocycles. The molecule has 4 heteroatoms. The average molecular weight is 288 g/mol. The summed E-state index contributed by atoms with van der Waals surface area (Å²) in [7, 11) is 0. The molecule has 3 nitrogen and oxygen atoms in total. The maximum absolute atomic E-state index is 6.18. The summed E-state index contributed by atoms with van der Waals surface area (Å²) in [5.74, 6) is 1.71. The van der Waals surface area contributed by atoms with Gasteiger partial charge < -0.3 is 5.32 Å². The van der Waals surface area contributed by atoms with Gasteiger partial charge in [0.05, 0.1) is 11.4 Å². The molecule has 1 N–H and O–H groups in total. The van der Waals surface area contributed by atoms with Gasteiger partial charge in [0.2, 0.25) is 0 Å². The Kier molecular flexibility index (Phi) is 2.95. The van der Waals surface area contributed by atoms with Crippen LogP contribution in [0.5, 0.6) is 0 Å². The molecule has 0 saturated heterocycles. The standard InChI is InChI=1S/C16H18ClN3/c17-13-6-7-15(20-9-1-8-18-20)14(10-13)19-16(11-2-3-11)12-4-5-12/h1,6-12,16,19H,2-5H2. The van der Waals surface area contributed by atoms with E-state index < -0.39 is 0 Å². The van der Waals surface area contributed by atoms with E-state index in [1.807, 2.05) is 35.1 Å². The topological polar surface area (TPSA) is 29.9 Å². The number of anilines is 1. The van der Waals surface area contributed by atoms with Crippen molar-refractivity contribution in [2.75, 3.05) is 5.32 Å². The molecule has 2 fully saturated rings. The van der Waals surface area contributed by atoms with Gasteiger partial charge in [-0.05, 0) is 61.8 Å². The zero-order valence-electron chi connectivity index (χ0n) is 11.3. The van der Waals surface area contributed by atoms with Crippen LogP contribution in [0.25, 0.3) is 5.69 Å². The van der Waals surface area contributed by atoms with Gasteiger partial charge in [0.15, 0.2) is 0 Å². The Morgan fingerprint density at radius 1 is 1.20 bits per heavy atom. The Labute approximate surface area is 123 Å². The lowest BCUT2D eigenvalue weighted by atomic mass is 10.1. The second kappa shape index (κ2) is 4.81. The Bertz CT molecular complexity index is 588. The van der Waals surface area contributed by atoms with Gasteiger partial charge in [-0.1, -0.05) is 11.6 Å². The largest absolute Gasteiger partial charge is 0.380 e. The van der Waals surface area contributed by atoms with Crippen molar-refractivity contribution < 1.29 is 0 Å². The Morgan fingerprint density at radius 3 is 2.55 bits per heavy atom. The van der Waals surface area contributed by atoms with E-state index in [1.165, 1.54) is 25.7 Å². The molecule has 0 atom stereocenters. The van der Waals surface area contributed by atoms with Gasteiger partial charge in [0.1, 0.15) is 0 Å². The molecule has 4 rings (SSSR count). The second-order valence-corrected chi connectivity index (χ2v) is 6.39. The summed E-state index contributed by atoms with van der Waals surface area (Å²) < 4.78 is 1.90. The van der Waals surface area contributed by atoms with Crippen LogP contribution in [0.4, 0.5) is 5.69 Å². The molecule has 20 heavy (non-hydrogen) atoms. The van der Waals surface area contributed by atoms with Crippen molar-refractivity contribution in [1.29, 1.82) is 0 Å². The molecule has 1 aromatic carbocycles. The molecule has 104 valence electrons. The highest BCUT2D eigenvalue weighted by atomic mass is 35.5. The number of nitrogens with one attached hydrogen (secondary N) is 1. The maximum atomic E-state index is 6.18. The molecular formula is C16H18ClN3. The molecule has 0 radical (unpaired) electrons. The Balaban J connectivity index is 1.67. The first-order chi connectivity index (χ1) is 9.81. The van der Waals surface area contributed by atoms with Crippen LogP contribution in [0.2, 0.25) is 5.02 Å². The predicted molar refractivity (Wildman–Crippen MR) is 81.4 cm³/mol. The molecule has 2 aliphatic carbocycles. The van der Waals surface area contributed by atoms with Crippen LogP contribution >= 0.6 is 11.6 Å². The lowest BCUT2D eigenvalue weighted by Crippen LogP contribution is -2.25. The molecule has 2 aromatic rings. The average Bonchev–Trinajstić information content (AvgIpc) is 3.37. The summed E-state index contributed by atoms with van der Waals surface area (Å²) in [4.78, 5) is 0. The van der Waals surface area contributed by atoms with Crippen LogP contribution < -0.4 is 5.32 Å². The smallest absolute Gasteiger partial charge is 0.0877 e. The van der Waals surface area contributed by atoms with E-state index in [9.17, 15) is 0 Å². The highest BCUT2D eigenvalue weighted by Crippen LogP contribution is 2.46. The van der Waals surface area contributed by atoms with E-state index in [0.717, 1.165) is 28.2 Å². The van der Waals surface area contributed by atoms with Crippen molar-refractivity contribution >= 4 is 17.3 Å². The monoisotopic (exact) mass is 287 g/mol. The van der Waals surface area contributed by atoms with Crippen LogP contribution in [0.1, 0.15) is 25.7 Å². The predicted octanol–water partition coefficient (Wildman–Crippen LogP) is 4.13. The maximum Gasteiger partial charge on any atom is 0.0877 e. The number of nitrogens with zero attached hydrogens (tertiary/aromatic N) is 2. The molecule has 0 bridgehead atoms. The van der Waals surface area contributed by atoms with E-state index in [2.05, 4.69) is 10.4 Å². The van der Waals surface area contributed by atoms with Crippen LogP contribution in [0.15, 0.2) is 36.7 Å². The molecule has 2 aliphatic rings. The van der Waals surface area contributed by atoms with Crippen molar-refractivity contribution in [3.05, 3.63) is 41.7 Å². The molecular weight excluding hydrogens is 270 g/mol. The van der Waals surface area contributed by atoms with E-state index >= 15 is 0 Å². The third-order valence-electron chi connectivity index (χ3n) is 4.29. The molecule has 1 heterocycles. The fourth-order valence-electron chi connectivity index (χ4n) is 2.95. The summed E-state index contributed by atoms with van der Waals surface area (Å²) in [6.07, 6.45) is 9.24. The lowest BCUT2D eigenvalue weighted by molar-refractivity contribution is 0.567. The van der Waals surface area contributed by atoms with Gasteiger partial charge in [-0.2, -0.15) is 5.10 Å². The minimum Gasteiger partial charge on any atom is -0.380 e. The fourth-order valence-corrected chi connectivity index (χ4v) is 3.12. The van der Waals surface area contributed by atoms with Gasteiger partial charge in [-0.25, -0.2) is 4.68 Å². The number of hydrogen-bond acceptors (Lipinski definition) is 2. The number of aromatic nitrogens is 2. The number of rotatable bonds is 5.